The zero-order valence-electron chi connectivity index (χ0n) is 15.7. The summed E-state index contributed by atoms with van der Waals surface area (Å²) in [6, 6.07) is 6.77. The summed E-state index contributed by atoms with van der Waals surface area (Å²) >= 11 is 0. The van der Waals surface area contributed by atoms with Gasteiger partial charge in [0.15, 0.2) is 0 Å². The van der Waals surface area contributed by atoms with Crippen LogP contribution >= 0.6 is 0 Å². The summed E-state index contributed by atoms with van der Waals surface area (Å²) < 4.78 is 0. The zero-order chi connectivity index (χ0) is 17.9. The van der Waals surface area contributed by atoms with Crippen molar-refractivity contribution in [3.8, 4) is 17.2 Å². The highest BCUT2D eigenvalue weighted by atomic mass is 14.7. The number of rotatable bonds is 2. The van der Waals surface area contributed by atoms with Crippen molar-refractivity contribution < 1.29 is 0 Å². The molecule has 0 radical (unpaired) electrons. The van der Waals surface area contributed by atoms with E-state index in [1.54, 1.807) is 0 Å². The molecule has 0 spiro atoms. The fourth-order valence-corrected chi connectivity index (χ4v) is 4.74. The van der Waals surface area contributed by atoms with Gasteiger partial charge < -0.3 is 0 Å². The Kier molecular flexibility index (Phi) is 5.02. The van der Waals surface area contributed by atoms with Gasteiger partial charge in [-0.05, 0) is 68.7 Å². The summed E-state index contributed by atoms with van der Waals surface area (Å²) in [6.45, 7) is 2.03. The van der Waals surface area contributed by atoms with Crippen LogP contribution in [-0.2, 0) is 12.8 Å². The molecule has 134 valence electrons. The maximum absolute atomic E-state index is 10.1. The fraction of sp³-hybridized carbons (Fsp3) is 0.522. The molecule has 0 atom stereocenters. The second-order valence-electron chi connectivity index (χ2n) is 7.87. The van der Waals surface area contributed by atoms with Crippen molar-refractivity contribution in [2.75, 3.05) is 0 Å². The highest BCUT2D eigenvalue weighted by Crippen LogP contribution is 2.40. The van der Waals surface area contributed by atoms with Gasteiger partial charge in [0, 0.05) is 29.1 Å². The number of hydrogen-bond donors (Lipinski definition) is 0. The number of nitriles is 1. The SMILES string of the molecule is Cc1cc(-c2c(C#N)c(C3CCCCC3)nc3c2CCCCC3)ccn1. The van der Waals surface area contributed by atoms with E-state index in [-0.39, 0.29) is 0 Å². The van der Waals surface area contributed by atoms with E-state index in [0.29, 0.717) is 5.92 Å². The molecule has 2 aromatic heterocycles. The molecule has 1 fully saturated rings. The lowest BCUT2D eigenvalue weighted by Crippen LogP contribution is -2.13. The van der Waals surface area contributed by atoms with Gasteiger partial charge in [0.2, 0.25) is 0 Å². The van der Waals surface area contributed by atoms with Crippen molar-refractivity contribution >= 4 is 0 Å². The smallest absolute Gasteiger partial charge is 0.102 e. The summed E-state index contributed by atoms with van der Waals surface area (Å²) in [5.41, 5.74) is 7.80. The van der Waals surface area contributed by atoms with Crippen LogP contribution in [0.5, 0.6) is 0 Å². The largest absolute Gasteiger partial charge is 0.262 e. The summed E-state index contributed by atoms with van der Waals surface area (Å²) in [5.74, 6) is 0.452. The van der Waals surface area contributed by atoms with Crippen LogP contribution in [0, 0.1) is 18.3 Å². The van der Waals surface area contributed by atoms with Gasteiger partial charge in [0.25, 0.3) is 0 Å². The van der Waals surface area contributed by atoms with E-state index in [1.165, 1.54) is 62.6 Å². The maximum atomic E-state index is 10.1. The minimum atomic E-state index is 0.452. The lowest BCUT2D eigenvalue weighted by atomic mass is 9.81. The monoisotopic (exact) mass is 345 g/mol. The van der Waals surface area contributed by atoms with E-state index in [0.717, 1.165) is 40.9 Å². The van der Waals surface area contributed by atoms with E-state index in [2.05, 4.69) is 23.2 Å². The standard InChI is InChI=1S/C23H27N3/c1-16-14-18(12-13-25-16)22-19-10-6-3-7-11-21(19)26-23(20(22)15-24)17-8-4-2-5-9-17/h12-14,17H,2-11H2,1H3. The summed E-state index contributed by atoms with van der Waals surface area (Å²) in [5, 5.41) is 10.1. The first kappa shape index (κ1) is 17.2. The third kappa shape index (κ3) is 3.26. The predicted octanol–water partition coefficient (Wildman–Crippen LogP) is 5.64. The normalized spacial score (nSPS) is 18.0. The highest BCUT2D eigenvalue weighted by Gasteiger charge is 2.27. The average molecular weight is 345 g/mol. The van der Waals surface area contributed by atoms with E-state index in [1.807, 2.05) is 13.1 Å². The number of fused-ring (bicyclic) bond motifs is 1. The second kappa shape index (κ2) is 7.58. The average Bonchev–Trinajstić information content (AvgIpc) is 2.92. The lowest BCUT2D eigenvalue weighted by molar-refractivity contribution is 0.435. The molecule has 0 unspecified atom stereocenters. The zero-order valence-corrected chi connectivity index (χ0v) is 15.7. The van der Waals surface area contributed by atoms with Gasteiger partial charge in [-0.15, -0.1) is 0 Å². The van der Waals surface area contributed by atoms with Crippen LogP contribution in [0.4, 0.5) is 0 Å². The Morgan fingerprint density at radius 2 is 1.81 bits per heavy atom. The van der Waals surface area contributed by atoms with Gasteiger partial charge in [0.05, 0.1) is 11.3 Å². The van der Waals surface area contributed by atoms with Crippen molar-refractivity contribution in [1.29, 1.82) is 5.26 Å². The van der Waals surface area contributed by atoms with Crippen LogP contribution in [0.2, 0.25) is 0 Å². The molecular weight excluding hydrogens is 318 g/mol. The minimum Gasteiger partial charge on any atom is -0.262 e. The molecule has 0 saturated heterocycles. The van der Waals surface area contributed by atoms with Crippen molar-refractivity contribution in [3.05, 3.63) is 46.5 Å². The summed E-state index contributed by atoms with van der Waals surface area (Å²) in [7, 11) is 0. The molecule has 0 bridgehead atoms. The lowest BCUT2D eigenvalue weighted by Gasteiger charge is -2.25. The Bertz CT molecular complexity index is 841. The van der Waals surface area contributed by atoms with Gasteiger partial charge in [0.1, 0.15) is 6.07 Å². The van der Waals surface area contributed by atoms with Crippen LogP contribution < -0.4 is 0 Å². The molecule has 0 aromatic carbocycles. The van der Waals surface area contributed by atoms with Crippen LogP contribution in [-0.4, -0.2) is 9.97 Å². The van der Waals surface area contributed by atoms with Crippen molar-refractivity contribution in [3.63, 3.8) is 0 Å². The first-order chi connectivity index (χ1) is 12.8. The Morgan fingerprint density at radius 1 is 1.04 bits per heavy atom. The maximum Gasteiger partial charge on any atom is 0.102 e. The Hall–Kier alpha value is -2.21. The van der Waals surface area contributed by atoms with Crippen LogP contribution in [0.15, 0.2) is 18.3 Å². The molecule has 2 aromatic rings. The van der Waals surface area contributed by atoms with Crippen LogP contribution in [0.1, 0.15) is 85.5 Å². The Labute approximate surface area is 156 Å². The fourth-order valence-electron chi connectivity index (χ4n) is 4.74. The topological polar surface area (TPSA) is 49.6 Å². The molecule has 1 saturated carbocycles. The van der Waals surface area contributed by atoms with Gasteiger partial charge in [-0.3, -0.25) is 9.97 Å². The predicted molar refractivity (Wildman–Crippen MR) is 104 cm³/mol. The highest BCUT2D eigenvalue weighted by molar-refractivity contribution is 5.76. The van der Waals surface area contributed by atoms with Gasteiger partial charge in [-0.25, -0.2) is 0 Å². The van der Waals surface area contributed by atoms with Gasteiger partial charge >= 0.3 is 0 Å². The Morgan fingerprint density at radius 3 is 2.58 bits per heavy atom. The molecule has 2 aliphatic carbocycles. The first-order valence-electron chi connectivity index (χ1n) is 10.2. The molecule has 4 rings (SSSR count). The molecule has 0 aliphatic heterocycles. The summed E-state index contributed by atoms with van der Waals surface area (Å²) in [6.07, 6.45) is 13.8. The molecule has 3 heteroatoms. The van der Waals surface area contributed by atoms with Crippen molar-refractivity contribution in [2.45, 2.75) is 77.0 Å². The molecule has 2 aliphatic rings. The van der Waals surface area contributed by atoms with E-state index < -0.39 is 0 Å². The number of aryl methyl sites for hydroxylation is 2. The van der Waals surface area contributed by atoms with E-state index in [4.69, 9.17) is 4.98 Å². The number of nitrogens with zero attached hydrogens (tertiary/aromatic N) is 3. The molecule has 26 heavy (non-hydrogen) atoms. The first-order valence-corrected chi connectivity index (χ1v) is 10.2. The van der Waals surface area contributed by atoms with Crippen molar-refractivity contribution in [2.24, 2.45) is 0 Å². The number of pyridine rings is 2. The van der Waals surface area contributed by atoms with Gasteiger partial charge in [-0.2, -0.15) is 5.26 Å². The molecule has 0 N–H and O–H groups in total. The second-order valence-corrected chi connectivity index (χ2v) is 7.87. The van der Waals surface area contributed by atoms with Crippen molar-refractivity contribution in [1.82, 2.24) is 9.97 Å². The molecule has 2 heterocycles. The van der Waals surface area contributed by atoms with E-state index in [9.17, 15) is 5.26 Å². The minimum absolute atomic E-state index is 0.452. The summed E-state index contributed by atoms with van der Waals surface area (Å²) in [4.78, 5) is 9.50. The molecule has 0 amide bonds. The third-order valence-electron chi connectivity index (χ3n) is 6.04. The Balaban J connectivity index is 1.95. The third-order valence-corrected chi connectivity index (χ3v) is 6.04. The van der Waals surface area contributed by atoms with E-state index >= 15 is 0 Å². The molecular formula is C23H27N3. The molecule has 3 nitrogen and oxygen atoms in total. The van der Waals surface area contributed by atoms with Crippen LogP contribution in [0.3, 0.4) is 0 Å². The number of hydrogen-bond acceptors (Lipinski definition) is 3. The van der Waals surface area contributed by atoms with Gasteiger partial charge in [-0.1, -0.05) is 25.7 Å². The van der Waals surface area contributed by atoms with Crippen LogP contribution in [0.25, 0.3) is 11.1 Å². The number of aromatic nitrogens is 2. The quantitative estimate of drug-likeness (QED) is 0.662.